The topological polar surface area (TPSA) is 71.7 Å². The van der Waals surface area contributed by atoms with Crippen LogP contribution in [0.3, 0.4) is 0 Å². The van der Waals surface area contributed by atoms with E-state index in [0.717, 1.165) is 16.7 Å². The number of fused-ring (bicyclic) bond motifs is 1. The number of aryl methyl sites for hydroxylation is 1. The Kier molecular flexibility index (Phi) is 4.49. The van der Waals surface area contributed by atoms with Gasteiger partial charge in [-0.1, -0.05) is 24.3 Å². The number of hydrogen-bond acceptors (Lipinski definition) is 3. The van der Waals surface area contributed by atoms with Gasteiger partial charge in [0.05, 0.1) is 0 Å². The highest BCUT2D eigenvalue weighted by Crippen LogP contribution is 2.27. The molecule has 1 aromatic heterocycles. The molecule has 4 aromatic rings. The molecule has 1 heterocycles. The van der Waals surface area contributed by atoms with Crippen LogP contribution in [0.2, 0.25) is 0 Å². The molecule has 0 aliphatic carbocycles. The van der Waals surface area contributed by atoms with E-state index in [1.165, 1.54) is 29.1 Å². The third kappa shape index (κ3) is 3.42. The predicted molar refractivity (Wildman–Crippen MR) is 108 cm³/mol. The SMILES string of the molecule is Cn1ccc2cc(-c3cccc(COc4ccc(C(=O)O)c(O)c4)c3)ccc21. The molecule has 2 N–H and O–H groups in total. The first-order valence-corrected chi connectivity index (χ1v) is 8.85. The lowest BCUT2D eigenvalue weighted by Crippen LogP contribution is -1.99. The number of aromatic nitrogens is 1. The maximum Gasteiger partial charge on any atom is 0.339 e. The zero-order chi connectivity index (χ0) is 19.7. The average Bonchev–Trinajstić information content (AvgIpc) is 3.07. The number of carboxylic acids is 1. The Morgan fingerprint density at radius 1 is 1.00 bits per heavy atom. The van der Waals surface area contributed by atoms with Crippen molar-refractivity contribution in [1.29, 1.82) is 0 Å². The molecule has 0 radical (unpaired) electrons. The first-order chi connectivity index (χ1) is 13.5. The van der Waals surface area contributed by atoms with Crippen molar-refractivity contribution in [3.63, 3.8) is 0 Å². The number of hydrogen-bond donors (Lipinski definition) is 2. The van der Waals surface area contributed by atoms with E-state index in [9.17, 15) is 9.90 Å². The van der Waals surface area contributed by atoms with Gasteiger partial charge in [0.1, 0.15) is 23.7 Å². The fraction of sp³-hybridized carbons (Fsp3) is 0.0870. The van der Waals surface area contributed by atoms with E-state index < -0.39 is 5.97 Å². The lowest BCUT2D eigenvalue weighted by atomic mass is 10.0. The molecule has 0 spiro atoms. The van der Waals surface area contributed by atoms with Crippen molar-refractivity contribution in [3.05, 3.63) is 84.1 Å². The lowest BCUT2D eigenvalue weighted by Gasteiger charge is -2.10. The Labute approximate surface area is 162 Å². The van der Waals surface area contributed by atoms with E-state index in [4.69, 9.17) is 9.84 Å². The fourth-order valence-corrected chi connectivity index (χ4v) is 3.25. The minimum absolute atomic E-state index is 0.148. The molecule has 5 nitrogen and oxygen atoms in total. The van der Waals surface area contributed by atoms with Gasteiger partial charge in [0.25, 0.3) is 0 Å². The standard InChI is InChI=1S/C23H19NO4/c1-24-10-9-18-12-17(5-8-21(18)24)16-4-2-3-15(11-16)14-28-19-6-7-20(23(26)27)22(25)13-19/h2-13,25H,14H2,1H3,(H,26,27). The van der Waals surface area contributed by atoms with Gasteiger partial charge in [-0.15, -0.1) is 0 Å². The smallest absolute Gasteiger partial charge is 0.339 e. The molecule has 4 rings (SSSR count). The third-order valence-corrected chi connectivity index (χ3v) is 4.75. The minimum atomic E-state index is -1.17. The van der Waals surface area contributed by atoms with Crippen LogP contribution in [-0.2, 0) is 13.7 Å². The van der Waals surface area contributed by atoms with E-state index in [-0.39, 0.29) is 11.3 Å². The van der Waals surface area contributed by atoms with Crippen LogP contribution >= 0.6 is 0 Å². The van der Waals surface area contributed by atoms with Crippen molar-refractivity contribution in [2.24, 2.45) is 7.05 Å². The highest BCUT2D eigenvalue weighted by molar-refractivity contribution is 5.91. The van der Waals surface area contributed by atoms with Crippen LogP contribution in [0.5, 0.6) is 11.5 Å². The first-order valence-electron chi connectivity index (χ1n) is 8.85. The number of phenols is 1. The van der Waals surface area contributed by atoms with Crippen molar-refractivity contribution < 1.29 is 19.7 Å². The summed E-state index contributed by atoms with van der Waals surface area (Å²) < 4.78 is 7.81. The van der Waals surface area contributed by atoms with E-state index in [0.29, 0.717) is 12.4 Å². The number of aromatic carboxylic acids is 1. The highest BCUT2D eigenvalue weighted by atomic mass is 16.5. The van der Waals surface area contributed by atoms with Crippen molar-refractivity contribution in [3.8, 4) is 22.6 Å². The molecule has 5 heteroatoms. The second-order valence-corrected chi connectivity index (χ2v) is 6.67. The summed E-state index contributed by atoms with van der Waals surface area (Å²) >= 11 is 0. The van der Waals surface area contributed by atoms with E-state index in [1.807, 2.05) is 25.4 Å². The molecular formula is C23H19NO4. The van der Waals surface area contributed by atoms with Crippen LogP contribution in [0.4, 0.5) is 0 Å². The normalized spacial score (nSPS) is 10.9. The number of rotatable bonds is 5. The first kappa shape index (κ1) is 17.7. The van der Waals surface area contributed by atoms with Gasteiger partial charge in [-0.3, -0.25) is 0 Å². The largest absolute Gasteiger partial charge is 0.507 e. The average molecular weight is 373 g/mol. The van der Waals surface area contributed by atoms with Gasteiger partial charge in [-0.25, -0.2) is 4.79 Å². The predicted octanol–water partition coefficient (Wildman–Crippen LogP) is 4.83. The number of ether oxygens (including phenoxy) is 1. The monoisotopic (exact) mass is 373 g/mol. The molecule has 3 aromatic carbocycles. The second-order valence-electron chi connectivity index (χ2n) is 6.67. The molecule has 0 aliphatic rings. The van der Waals surface area contributed by atoms with Gasteiger partial charge >= 0.3 is 5.97 Å². The van der Waals surface area contributed by atoms with Crippen LogP contribution in [0.15, 0.2) is 72.9 Å². The van der Waals surface area contributed by atoms with Crippen molar-refractivity contribution in [2.45, 2.75) is 6.61 Å². The maximum absolute atomic E-state index is 11.0. The minimum Gasteiger partial charge on any atom is -0.507 e. The molecule has 0 bridgehead atoms. The Morgan fingerprint density at radius 3 is 2.61 bits per heavy atom. The zero-order valence-electron chi connectivity index (χ0n) is 15.3. The number of carbonyl (C=O) groups is 1. The Hall–Kier alpha value is -3.73. The fourth-order valence-electron chi connectivity index (χ4n) is 3.25. The summed E-state index contributed by atoms with van der Waals surface area (Å²) in [6.07, 6.45) is 2.05. The molecule has 140 valence electrons. The summed E-state index contributed by atoms with van der Waals surface area (Å²) in [5.74, 6) is -1.07. The van der Waals surface area contributed by atoms with Crippen LogP contribution < -0.4 is 4.74 Å². The quantitative estimate of drug-likeness (QED) is 0.526. The second kappa shape index (κ2) is 7.12. The molecular weight excluding hydrogens is 354 g/mol. The van der Waals surface area contributed by atoms with Crippen molar-refractivity contribution in [1.82, 2.24) is 4.57 Å². The van der Waals surface area contributed by atoms with E-state index in [1.54, 1.807) is 0 Å². The molecule has 0 saturated heterocycles. The van der Waals surface area contributed by atoms with Gasteiger partial charge in [0, 0.05) is 30.2 Å². The zero-order valence-corrected chi connectivity index (χ0v) is 15.3. The Morgan fingerprint density at radius 2 is 1.82 bits per heavy atom. The van der Waals surface area contributed by atoms with Crippen LogP contribution in [0, 0.1) is 0 Å². The highest BCUT2D eigenvalue weighted by Gasteiger charge is 2.10. The van der Waals surface area contributed by atoms with Crippen molar-refractivity contribution >= 4 is 16.9 Å². The van der Waals surface area contributed by atoms with E-state index >= 15 is 0 Å². The van der Waals surface area contributed by atoms with Crippen LogP contribution in [0.25, 0.3) is 22.0 Å². The molecule has 0 fully saturated rings. The summed E-state index contributed by atoms with van der Waals surface area (Å²) in [6.45, 7) is 0.313. The Balaban J connectivity index is 1.53. The summed E-state index contributed by atoms with van der Waals surface area (Å²) in [5.41, 5.74) is 4.24. The molecule has 28 heavy (non-hydrogen) atoms. The molecule has 0 atom stereocenters. The molecule has 0 amide bonds. The van der Waals surface area contributed by atoms with Gasteiger partial charge in [-0.2, -0.15) is 0 Å². The van der Waals surface area contributed by atoms with Gasteiger partial charge in [0.15, 0.2) is 0 Å². The number of aromatic hydroxyl groups is 1. The summed E-state index contributed by atoms with van der Waals surface area (Å²) in [7, 11) is 2.03. The third-order valence-electron chi connectivity index (χ3n) is 4.75. The lowest BCUT2D eigenvalue weighted by molar-refractivity contribution is 0.0693. The van der Waals surface area contributed by atoms with Gasteiger partial charge in [0.2, 0.25) is 0 Å². The van der Waals surface area contributed by atoms with Crippen molar-refractivity contribution in [2.75, 3.05) is 0 Å². The Bertz CT molecular complexity index is 1180. The molecule has 0 aliphatic heterocycles. The number of carboxylic acid groups (broad SMARTS) is 1. The van der Waals surface area contributed by atoms with Crippen LogP contribution in [-0.4, -0.2) is 20.7 Å². The van der Waals surface area contributed by atoms with Crippen LogP contribution in [0.1, 0.15) is 15.9 Å². The number of nitrogens with zero attached hydrogens (tertiary/aromatic N) is 1. The summed E-state index contributed by atoms with van der Waals surface area (Å²) in [6, 6.07) is 20.7. The molecule has 0 saturated carbocycles. The van der Waals surface area contributed by atoms with E-state index in [2.05, 4.69) is 41.0 Å². The summed E-state index contributed by atoms with van der Waals surface area (Å²) in [5, 5.41) is 19.9. The van der Waals surface area contributed by atoms with Gasteiger partial charge in [-0.05, 0) is 53.1 Å². The number of benzene rings is 3. The molecule has 0 unspecified atom stereocenters. The maximum atomic E-state index is 11.0. The van der Waals surface area contributed by atoms with Gasteiger partial charge < -0.3 is 19.5 Å². The summed E-state index contributed by atoms with van der Waals surface area (Å²) in [4.78, 5) is 11.0.